The number of aromatic nitrogens is 2. The topological polar surface area (TPSA) is 108 Å². The summed E-state index contributed by atoms with van der Waals surface area (Å²) in [5.41, 5.74) is 11.9. The molecule has 4 N–H and O–H groups in total. The highest BCUT2D eigenvalue weighted by Crippen LogP contribution is 2.14. The number of amides is 1. The molecule has 0 aliphatic carbocycles. The Labute approximate surface area is 97.6 Å². The van der Waals surface area contributed by atoms with Crippen molar-refractivity contribution in [3.8, 4) is 0 Å². The SMILES string of the molecule is NC(=O)c1noc(CC(N)c2ccccc2)n1. The summed E-state index contributed by atoms with van der Waals surface area (Å²) in [6.45, 7) is 0. The fraction of sp³-hybridized carbons (Fsp3) is 0.182. The van der Waals surface area contributed by atoms with Crippen molar-refractivity contribution in [1.29, 1.82) is 0 Å². The van der Waals surface area contributed by atoms with Crippen LogP contribution in [0.4, 0.5) is 0 Å². The van der Waals surface area contributed by atoms with Crippen LogP contribution in [-0.4, -0.2) is 16.0 Å². The van der Waals surface area contributed by atoms with Crippen LogP contribution in [0.25, 0.3) is 0 Å². The second-order valence-electron chi connectivity index (χ2n) is 3.60. The largest absolute Gasteiger partial charge is 0.363 e. The van der Waals surface area contributed by atoms with Gasteiger partial charge in [0.05, 0.1) is 0 Å². The molecule has 0 saturated heterocycles. The van der Waals surface area contributed by atoms with Gasteiger partial charge in [0.1, 0.15) is 0 Å². The molecule has 1 unspecified atom stereocenters. The quantitative estimate of drug-likeness (QED) is 0.793. The van der Waals surface area contributed by atoms with Gasteiger partial charge in [0.2, 0.25) is 5.89 Å². The van der Waals surface area contributed by atoms with E-state index in [9.17, 15) is 4.79 Å². The van der Waals surface area contributed by atoms with Crippen LogP contribution in [0.5, 0.6) is 0 Å². The summed E-state index contributed by atoms with van der Waals surface area (Å²) in [5, 5.41) is 3.45. The molecule has 0 aliphatic rings. The number of hydrogen-bond donors (Lipinski definition) is 2. The van der Waals surface area contributed by atoms with Crippen LogP contribution in [0.1, 0.15) is 28.1 Å². The van der Waals surface area contributed by atoms with Gasteiger partial charge in [0.15, 0.2) is 0 Å². The smallest absolute Gasteiger partial charge is 0.290 e. The van der Waals surface area contributed by atoms with Gasteiger partial charge < -0.3 is 16.0 Å². The zero-order chi connectivity index (χ0) is 12.3. The molecule has 0 radical (unpaired) electrons. The number of primary amides is 1. The number of nitrogens with zero attached hydrogens (tertiary/aromatic N) is 2. The molecule has 0 saturated carbocycles. The Morgan fingerprint density at radius 1 is 1.35 bits per heavy atom. The first kappa shape index (κ1) is 11.3. The van der Waals surface area contributed by atoms with Gasteiger partial charge in [-0.1, -0.05) is 35.5 Å². The van der Waals surface area contributed by atoms with E-state index in [0.29, 0.717) is 12.3 Å². The van der Waals surface area contributed by atoms with Gasteiger partial charge in [-0.2, -0.15) is 4.98 Å². The van der Waals surface area contributed by atoms with Gasteiger partial charge in [0.25, 0.3) is 11.7 Å². The summed E-state index contributed by atoms with van der Waals surface area (Å²) in [5.74, 6) is -0.538. The Bertz CT molecular complexity index is 509. The van der Waals surface area contributed by atoms with Crippen LogP contribution in [0.3, 0.4) is 0 Å². The van der Waals surface area contributed by atoms with Crippen molar-refractivity contribution in [3.63, 3.8) is 0 Å². The summed E-state index contributed by atoms with van der Waals surface area (Å²) >= 11 is 0. The van der Waals surface area contributed by atoms with E-state index in [0.717, 1.165) is 5.56 Å². The summed E-state index contributed by atoms with van der Waals surface area (Å²) < 4.78 is 4.88. The van der Waals surface area contributed by atoms with Crippen molar-refractivity contribution in [3.05, 3.63) is 47.6 Å². The number of hydrogen-bond acceptors (Lipinski definition) is 5. The monoisotopic (exact) mass is 232 g/mol. The molecule has 2 rings (SSSR count). The lowest BCUT2D eigenvalue weighted by Gasteiger charge is -2.08. The zero-order valence-electron chi connectivity index (χ0n) is 9.04. The number of nitrogens with two attached hydrogens (primary N) is 2. The highest BCUT2D eigenvalue weighted by Gasteiger charge is 2.14. The third kappa shape index (κ3) is 2.67. The van der Waals surface area contributed by atoms with Crippen molar-refractivity contribution in [2.75, 3.05) is 0 Å². The van der Waals surface area contributed by atoms with Crippen LogP contribution in [0, 0.1) is 0 Å². The van der Waals surface area contributed by atoms with E-state index in [2.05, 4.69) is 10.1 Å². The standard InChI is InChI=1S/C11H12N4O2/c12-8(7-4-2-1-3-5-7)6-9-14-11(10(13)16)15-17-9/h1-5,8H,6,12H2,(H2,13,16). The summed E-state index contributed by atoms with van der Waals surface area (Å²) in [7, 11) is 0. The number of benzene rings is 1. The molecule has 1 aromatic carbocycles. The van der Waals surface area contributed by atoms with Gasteiger partial charge in [0, 0.05) is 12.5 Å². The third-order valence-electron chi connectivity index (χ3n) is 2.31. The van der Waals surface area contributed by atoms with E-state index in [1.165, 1.54) is 0 Å². The lowest BCUT2D eigenvalue weighted by molar-refractivity contribution is 0.0987. The van der Waals surface area contributed by atoms with E-state index in [4.69, 9.17) is 16.0 Å². The molecule has 1 atom stereocenters. The first-order valence-electron chi connectivity index (χ1n) is 5.09. The molecule has 0 spiro atoms. The lowest BCUT2D eigenvalue weighted by atomic mass is 10.1. The van der Waals surface area contributed by atoms with E-state index in [1.54, 1.807) is 0 Å². The van der Waals surface area contributed by atoms with Gasteiger partial charge >= 0.3 is 0 Å². The van der Waals surface area contributed by atoms with Crippen molar-refractivity contribution >= 4 is 5.91 Å². The fourth-order valence-electron chi connectivity index (χ4n) is 1.44. The van der Waals surface area contributed by atoms with Crippen LogP contribution in [0.2, 0.25) is 0 Å². The van der Waals surface area contributed by atoms with Gasteiger partial charge in [-0.15, -0.1) is 0 Å². The minimum atomic E-state index is -0.715. The normalized spacial score (nSPS) is 12.3. The summed E-state index contributed by atoms with van der Waals surface area (Å²) in [6, 6.07) is 9.29. The molecule has 17 heavy (non-hydrogen) atoms. The van der Waals surface area contributed by atoms with Crippen LogP contribution in [0.15, 0.2) is 34.9 Å². The minimum Gasteiger partial charge on any atom is -0.363 e. The first-order valence-corrected chi connectivity index (χ1v) is 5.09. The Morgan fingerprint density at radius 3 is 2.65 bits per heavy atom. The van der Waals surface area contributed by atoms with Gasteiger partial charge in [-0.05, 0) is 5.56 Å². The van der Waals surface area contributed by atoms with Crippen molar-refractivity contribution in [2.24, 2.45) is 11.5 Å². The molecule has 1 amide bonds. The van der Waals surface area contributed by atoms with Crippen LogP contribution in [-0.2, 0) is 6.42 Å². The maximum atomic E-state index is 10.8. The highest BCUT2D eigenvalue weighted by molar-refractivity contribution is 5.88. The average molecular weight is 232 g/mol. The lowest BCUT2D eigenvalue weighted by Crippen LogP contribution is -2.15. The van der Waals surface area contributed by atoms with E-state index >= 15 is 0 Å². The Kier molecular flexibility index (Phi) is 3.15. The summed E-state index contributed by atoms with van der Waals surface area (Å²) in [4.78, 5) is 14.6. The Morgan fingerprint density at radius 2 is 2.06 bits per heavy atom. The van der Waals surface area contributed by atoms with Crippen molar-refractivity contribution in [1.82, 2.24) is 10.1 Å². The predicted octanol–water partition coefficient (Wildman–Crippen LogP) is 0.411. The van der Waals surface area contributed by atoms with Crippen molar-refractivity contribution in [2.45, 2.75) is 12.5 Å². The predicted molar refractivity (Wildman–Crippen MR) is 59.9 cm³/mol. The number of rotatable bonds is 4. The van der Waals surface area contributed by atoms with Gasteiger partial charge in [-0.25, -0.2) is 0 Å². The molecule has 6 nitrogen and oxygen atoms in total. The van der Waals surface area contributed by atoms with E-state index < -0.39 is 5.91 Å². The highest BCUT2D eigenvalue weighted by atomic mass is 16.5. The summed E-state index contributed by atoms with van der Waals surface area (Å²) in [6.07, 6.45) is 0.365. The molecule has 1 heterocycles. The molecule has 88 valence electrons. The van der Waals surface area contributed by atoms with Gasteiger partial charge in [-0.3, -0.25) is 4.79 Å². The molecular weight excluding hydrogens is 220 g/mol. The van der Waals surface area contributed by atoms with E-state index in [1.807, 2.05) is 30.3 Å². The maximum Gasteiger partial charge on any atom is 0.290 e. The van der Waals surface area contributed by atoms with Crippen molar-refractivity contribution < 1.29 is 9.32 Å². The Hall–Kier alpha value is -2.21. The fourth-order valence-corrected chi connectivity index (χ4v) is 1.44. The molecule has 0 aliphatic heterocycles. The zero-order valence-corrected chi connectivity index (χ0v) is 9.04. The van der Waals surface area contributed by atoms with Crippen LogP contribution >= 0.6 is 0 Å². The number of carbonyl (C=O) groups is 1. The second kappa shape index (κ2) is 4.75. The molecule has 6 heteroatoms. The molecular formula is C11H12N4O2. The average Bonchev–Trinajstić information content (AvgIpc) is 2.79. The minimum absolute atomic E-state index is 0.125. The van der Waals surface area contributed by atoms with E-state index in [-0.39, 0.29) is 11.9 Å². The second-order valence-corrected chi connectivity index (χ2v) is 3.60. The molecule has 0 fully saturated rings. The molecule has 1 aromatic heterocycles. The molecule has 2 aromatic rings. The molecule has 0 bridgehead atoms. The first-order chi connectivity index (χ1) is 8.16. The Balaban J connectivity index is 2.08. The maximum absolute atomic E-state index is 10.8. The van der Waals surface area contributed by atoms with Crippen LogP contribution < -0.4 is 11.5 Å². The number of carbonyl (C=O) groups excluding carboxylic acids is 1. The third-order valence-corrected chi connectivity index (χ3v) is 2.31.